The zero-order valence-electron chi connectivity index (χ0n) is 9.93. The normalized spacial score (nSPS) is 16.5. The summed E-state index contributed by atoms with van der Waals surface area (Å²) in [5.74, 6) is -0.0598. The van der Waals surface area contributed by atoms with Crippen molar-refractivity contribution in [3.8, 4) is 0 Å². The number of nitrogens with zero attached hydrogens (tertiary/aromatic N) is 1. The summed E-state index contributed by atoms with van der Waals surface area (Å²) >= 11 is 0. The van der Waals surface area contributed by atoms with Crippen LogP contribution in [0.25, 0.3) is 0 Å². The smallest absolute Gasteiger partial charge is 0.248 e. The molecule has 1 saturated heterocycles. The lowest BCUT2D eigenvalue weighted by molar-refractivity contribution is -0.111. The van der Waals surface area contributed by atoms with Crippen LogP contribution in [-0.4, -0.2) is 30.4 Å². The van der Waals surface area contributed by atoms with Crippen molar-refractivity contribution in [1.29, 1.82) is 0 Å². The molecule has 1 aliphatic heterocycles. The second-order valence-corrected chi connectivity index (χ2v) is 4.27. The molecule has 1 aliphatic rings. The molecule has 1 N–H and O–H groups in total. The number of carbonyl (C=O) groups excluding carboxylic acids is 1. The standard InChI is InChI=1S/C14H18N2O/c17-14(15-13-7-2-1-3-8-13)9-6-12-16-10-4-5-11-16/h1-3,6-9H,4-5,10-12H2,(H,15,17)/b9-6+. The van der Waals surface area contributed by atoms with Crippen LogP contribution >= 0.6 is 0 Å². The minimum Gasteiger partial charge on any atom is -0.323 e. The van der Waals surface area contributed by atoms with Crippen LogP contribution < -0.4 is 5.32 Å². The summed E-state index contributed by atoms with van der Waals surface area (Å²) in [6.07, 6.45) is 6.11. The summed E-state index contributed by atoms with van der Waals surface area (Å²) < 4.78 is 0. The molecule has 0 radical (unpaired) electrons. The molecule has 2 rings (SSSR count). The average Bonchev–Trinajstić information content (AvgIpc) is 2.83. The largest absolute Gasteiger partial charge is 0.323 e. The highest BCUT2D eigenvalue weighted by Crippen LogP contribution is 2.07. The first kappa shape index (κ1) is 11.9. The van der Waals surface area contributed by atoms with E-state index in [0.717, 1.165) is 25.3 Å². The molecule has 0 atom stereocenters. The van der Waals surface area contributed by atoms with Gasteiger partial charge in [-0.25, -0.2) is 0 Å². The number of hydrogen-bond donors (Lipinski definition) is 1. The van der Waals surface area contributed by atoms with Gasteiger partial charge in [0.1, 0.15) is 0 Å². The van der Waals surface area contributed by atoms with E-state index < -0.39 is 0 Å². The van der Waals surface area contributed by atoms with Crippen molar-refractivity contribution in [3.05, 3.63) is 42.5 Å². The van der Waals surface area contributed by atoms with Crippen LogP contribution in [0.3, 0.4) is 0 Å². The molecule has 0 bridgehead atoms. The van der Waals surface area contributed by atoms with E-state index in [1.54, 1.807) is 6.08 Å². The van der Waals surface area contributed by atoms with Crippen LogP contribution in [0.4, 0.5) is 5.69 Å². The Morgan fingerprint density at radius 3 is 2.65 bits per heavy atom. The first-order chi connectivity index (χ1) is 8.34. The molecule has 1 aromatic carbocycles. The van der Waals surface area contributed by atoms with Crippen molar-refractivity contribution in [2.75, 3.05) is 25.0 Å². The third-order valence-electron chi connectivity index (χ3n) is 2.87. The number of benzene rings is 1. The van der Waals surface area contributed by atoms with Gasteiger partial charge in [-0.3, -0.25) is 9.69 Å². The summed E-state index contributed by atoms with van der Waals surface area (Å²) in [5.41, 5.74) is 0.836. The number of nitrogens with one attached hydrogen (secondary N) is 1. The number of rotatable bonds is 4. The maximum Gasteiger partial charge on any atom is 0.248 e. The SMILES string of the molecule is O=C(/C=C/CN1CCCC1)Nc1ccccc1. The summed E-state index contributed by atoms with van der Waals surface area (Å²) in [6, 6.07) is 9.50. The molecule has 3 heteroatoms. The van der Waals surface area contributed by atoms with Gasteiger partial charge in [-0.1, -0.05) is 24.3 Å². The van der Waals surface area contributed by atoms with Crippen LogP contribution in [0.2, 0.25) is 0 Å². The van der Waals surface area contributed by atoms with E-state index in [9.17, 15) is 4.79 Å². The van der Waals surface area contributed by atoms with Crippen LogP contribution in [0, 0.1) is 0 Å². The van der Waals surface area contributed by atoms with Gasteiger partial charge in [0.2, 0.25) is 5.91 Å². The first-order valence-electron chi connectivity index (χ1n) is 6.09. The van der Waals surface area contributed by atoms with Crippen molar-refractivity contribution in [1.82, 2.24) is 4.90 Å². The third kappa shape index (κ3) is 4.04. The predicted octanol–water partition coefficient (Wildman–Crippen LogP) is 2.28. The molecule has 1 amide bonds. The summed E-state index contributed by atoms with van der Waals surface area (Å²) in [4.78, 5) is 13.9. The van der Waals surface area contributed by atoms with Crippen molar-refractivity contribution >= 4 is 11.6 Å². The molecule has 0 aromatic heterocycles. The first-order valence-corrected chi connectivity index (χ1v) is 6.09. The molecular formula is C14H18N2O. The highest BCUT2D eigenvalue weighted by Gasteiger charge is 2.08. The highest BCUT2D eigenvalue weighted by atomic mass is 16.1. The summed E-state index contributed by atoms with van der Waals surface area (Å²) in [6.45, 7) is 3.19. The van der Waals surface area contributed by atoms with Crippen molar-refractivity contribution in [2.45, 2.75) is 12.8 Å². The molecule has 1 fully saturated rings. The lowest BCUT2D eigenvalue weighted by Crippen LogP contribution is -2.19. The lowest BCUT2D eigenvalue weighted by atomic mass is 10.3. The van der Waals surface area contributed by atoms with Crippen molar-refractivity contribution < 1.29 is 4.79 Å². The summed E-state index contributed by atoms with van der Waals surface area (Å²) in [7, 11) is 0. The zero-order valence-corrected chi connectivity index (χ0v) is 9.93. The zero-order chi connectivity index (χ0) is 11.9. The van der Waals surface area contributed by atoms with E-state index in [0.29, 0.717) is 0 Å². The number of amides is 1. The average molecular weight is 230 g/mol. The summed E-state index contributed by atoms with van der Waals surface area (Å²) in [5, 5.41) is 2.82. The topological polar surface area (TPSA) is 32.3 Å². The van der Waals surface area contributed by atoms with Crippen LogP contribution in [0.1, 0.15) is 12.8 Å². The predicted molar refractivity (Wildman–Crippen MR) is 69.9 cm³/mol. The molecule has 0 unspecified atom stereocenters. The monoisotopic (exact) mass is 230 g/mol. The minimum atomic E-state index is -0.0598. The van der Waals surface area contributed by atoms with E-state index in [4.69, 9.17) is 0 Å². The number of para-hydroxylation sites is 1. The Morgan fingerprint density at radius 2 is 1.94 bits per heavy atom. The number of carbonyl (C=O) groups is 1. The molecule has 0 aliphatic carbocycles. The Kier molecular flexibility index (Phi) is 4.33. The Bertz CT molecular complexity index is 380. The molecule has 0 saturated carbocycles. The fraction of sp³-hybridized carbons (Fsp3) is 0.357. The maximum absolute atomic E-state index is 11.6. The minimum absolute atomic E-state index is 0.0598. The Morgan fingerprint density at radius 1 is 1.24 bits per heavy atom. The van der Waals surface area contributed by atoms with E-state index in [1.165, 1.54) is 12.8 Å². The number of likely N-dealkylation sites (tertiary alicyclic amines) is 1. The van der Waals surface area contributed by atoms with Gasteiger partial charge in [0.15, 0.2) is 0 Å². The Hall–Kier alpha value is -1.61. The Labute approximate surface area is 102 Å². The van der Waals surface area contributed by atoms with Gasteiger partial charge in [-0.15, -0.1) is 0 Å². The maximum atomic E-state index is 11.6. The van der Waals surface area contributed by atoms with Gasteiger partial charge in [0.05, 0.1) is 0 Å². The molecule has 1 heterocycles. The van der Waals surface area contributed by atoms with Gasteiger partial charge in [0, 0.05) is 18.3 Å². The van der Waals surface area contributed by atoms with Crippen LogP contribution in [0.5, 0.6) is 0 Å². The van der Waals surface area contributed by atoms with E-state index in [2.05, 4.69) is 10.2 Å². The van der Waals surface area contributed by atoms with Gasteiger partial charge in [-0.05, 0) is 38.1 Å². The van der Waals surface area contributed by atoms with Gasteiger partial charge < -0.3 is 5.32 Å². The van der Waals surface area contributed by atoms with E-state index in [1.807, 2.05) is 36.4 Å². The number of hydrogen-bond acceptors (Lipinski definition) is 2. The van der Waals surface area contributed by atoms with Crippen LogP contribution in [-0.2, 0) is 4.79 Å². The second kappa shape index (κ2) is 6.21. The van der Waals surface area contributed by atoms with Gasteiger partial charge in [-0.2, -0.15) is 0 Å². The van der Waals surface area contributed by atoms with E-state index in [-0.39, 0.29) is 5.91 Å². The Balaban J connectivity index is 1.75. The molecule has 90 valence electrons. The second-order valence-electron chi connectivity index (χ2n) is 4.27. The van der Waals surface area contributed by atoms with Crippen molar-refractivity contribution in [2.24, 2.45) is 0 Å². The van der Waals surface area contributed by atoms with E-state index >= 15 is 0 Å². The number of anilines is 1. The molecule has 17 heavy (non-hydrogen) atoms. The lowest BCUT2D eigenvalue weighted by Gasteiger charge is -2.10. The quantitative estimate of drug-likeness (QED) is 0.805. The van der Waals surface area contributed by atoms with Gasteiger partial charge in [0.25, 0.3) is 0 Å². The fourth-order valence-corrected chi connectivity index (χ4v) is 1.98. The van der Waals surface area contributed by atoms with Crippen LogP contribution in [0.15, 0.2) is 42.5 Å². The highest BCUT2D eigenvalue weighted by molar-refractivity contribution is 5.99. The molecular weight excluding hydrogens is 212 g/mol. The van der Waals surface area contributed by atoms with Gasteiger partial charge >= 0.3 is 0 Å². The molecule has 1 aromatic rings. The third-order valence-corrected chi connectivity index (χ3v) is 2.87. The molecule has 3 nitrogen and oxygen atoms in total. The molecule has 0 spiro atoms. The van der Waals surface area contributed by atoms with Crippen molar-refractivity contribution in [3.63, 3.8) is 0 Å². The fourth-order valence-electron chi connectivity index (χ4n) is 1.98.